The fraction of sp³-hybridized carbons (Fsp3) is 0.611. The lowest BCUT2D eigenvalue weighted by Crippen LogP contribution is -2.52. The number of aliphatic hydroxyl groups is 1. The molecule has 1 aromatic rings. The lowest BCUT2D eigenvalue weighted by molar-refractivity contribution is -0.0679. The number of hydrogen-bond acceptors (Lipinski definition) is 3. The molecular formula is C18H28N2O3. The number of benzene rings is 1. The predicted octanol–water partition coefficient (Wildman–Crippen LogP) is 2.63. The molecule has 1 saturated carbocycles. The van der Waals surface area contributed by atoms with Gasteiger partial charge in [0.05, 0.1) is 18.2 Å². The molecule has 2 rings (SSSR count). The summed E-state index contributed by atoms with van der Waals surface area (Å²) in [6, 6.07) is 7.59. The SMILES string of the molecule is CCN(CC(O)c1ccc(C)cc1)C(=O)NCC1(OC)CCC1. The highest BCUT2D eigenvalue weighted by Crippen LogP contribution is 2.34. The summed E-state index contributed by atoms with van der Waals surface area (Å²) >= 11 is 0. The van der Waals surface area contributed by atoms with Crippen LogP contribution in [0.5, 0.6) is 0 Å². The molecule has 1 aliphatic carbocycles. The monoisotopic (exact) mass is 320 g/mol. The summed E-state index contributed by atoms with van der Waals surface area (Å²) < 4.78 is 5.52. The number of rotatable bonds is 7. The Hall–Kier alpha value is -1.59. The van der Waals surface area contributed by atoms with E-state index in [2.05, 4.69) is 5.32 Å². The minimum Gasteiger partial charge on any atom is -0.387 e. The van der Waals surface area contributed by atoms with E-state index in [0.29, 0.717) is 13.1 Å². The number of nitrogens with zero attached hydrogens (tertiary/aromatic N) is 1. The van der Waals surface area contributed by atoms with E-state index < -0.39 is 6.10 Å². The molecule has 0 bridgehead atoms. The van der Waals surface area contributed by atoms with Crippen LogP contribution in [0, 0.1) is 6.92 Å². The smallest absolute Gasteiger partial charge is 0.317 e. The lowest BCUT2D eigenvalue weighted by atomic mass is 9.80. The summed E-state index contributed by atoms with van der Waals surface area (Å²) in [7, 11) is 1.70. The largest absolute Gasteiger partial charge is 0.387 e. The molecule has 5 heteroatoms. The van der Waals surface area contributed by atoms with E-state index in [1.165, 1.54) is 0 Å². The fourth-order valence-electron chi connectivity index (χ4n) is 2.83. The van der Waals surface area contributed by atoms with Gasteiger partial charge in [-0.05, 0) is 38.7 Å². The summed E-state index contributed by atoms with van der Waals surface area (Å²) in [4.78, 5) is 14.0. The van der Waals surface area contributed by atoms with Gasteiger partial charge >= 0.3 is 6.03 Å². The van der Waals surface area contributed by atoms with Gasteiger partial charge in [0.25, 0.3) is 0 Å². The third kappa shape index (κ3) is 4.45. The maximum Gasteiger partial charge on any atom is 0.317 e. The van der Waals surface area contributed by atoms with Crippen LogP contribution in [0.3, 0.4) is 0 Å². The van der Waals surface area contributed by atoms with Crippen molar-refractivity contribution in [3.8, 4) is 0 Å². The van der Waals surface area contributed by atoms with Crippen LogP contribution in [0.15, 0.2) is 24.3 Å². The number of amides is 2. The van der Waals surface area contributed by atoms with Crippen molar-refractivity contribution in [3.63, 3.8) is 0 Å². The van der Waals surface area contributed by atoms with E-state index >= 15 is 0 Å². The maximum absolute atomic E-state index is 12.3. The number of aliphatic hydroxyl groups excluding tert-OH is 1. The third-order valence-corrected chi connectivity index (χ3v) is 4.78. The highest BCUT2D eigenvalue weighted by atomic mass is 16.5. The first kappa shape index (κ1) is 17.8. The van der Waals surface area contributed by atoms with Crippen molar-refractivity contribution < 1.29 is 14.6 Å². The first-order valence-corrected chi connectivity index (χ1v) is 8.32. The molecule has 1 fully saturated rings. The molecule has 1 aromatic carbocycles. The molecule has 0 aromatic heterocycles. The van der Waals surface area contributed by atoms with Gasteiger partial charge in [-0.2, -0.15) is 0 Å². The molecule has 2 amide bonds. The van der Waals surface area contributed by atoms with Crippen molar-refractivity contribution >= 4 is 6.03 Å². The number of aryl methyl sites for hydroxylation is 1. The lowest BCUT2D eigenvalue weighted by Gasteiger charge is -2.41. The van der Waals surface area contributed by atoms with Gasteiger partial charge in [-0.3, -0.25) is 0 Å². The van der Waals surface area contributed by atoms with Gasteiger partial charge in [0.15, 0.2) is 0 Å². The van der Waals surface area contributed by atoms with E-state index in [1.807, 2.05) is 38.1 Å². The Labute approximate surface area is 138 Å². The van der Waals surface area contributed by atoms with Crippen LogP contribution in [-0.2, 0) is 4.74 Å². The highest BCUT2D eigenvalue weighted by Gasteiger charge is 2.37. The van der Waals surface area contributed by atoms with Crippen LogP contribution in [-0.4, -0.2) is 48.4 Å². The maximum atomic E-state index is 12.3. The molecule has 1 unspecified atom stereocenters. The normalized spacial score (nSPS) is 17.2. The summed E-state index contributed by atoms with van der Waals surface area (Å²) in [5, 5.41) is 13.3. The number of nitrogens with one attached hydrogen (secondary N) is 1. The fourth-order valence-corrected chi connectivity index (χ4v) is 2.83. The van der Waals surface area contributed by atoms with Crippen molar-refractivity contribution in [2.75, 3.05) is 26.7 Å². The van der Waals surface area contributed by atoms with Crippen LogP contribution in [0.25, 0.3) is 0 Å². The number of methoxy groups -OCH3 is 1. The Morgan fingerprint density at radius 3 is 2.52 bits per heavy atom. The molecule has 0 saturated heterocycles. The molecule has 1 aliphatic rings. The summed E-state index contributed by atoms with van der Waals surface area (Å²) in [5.41, 5.74) is 1.79. The Bertz CT molecular complexity index is 506. The number of likely N-dealkylation sites (N-methyl/N-ethyl adjacent to an activating group) is 1. The number of carbonyl (C=O) groups is 1. The van der Waals surface area contributed by atoms with Gasteiger partial charge in [0, 0.05) is 20.2 Å². The molecule has 23 heavy (non-hydrogen) atoms. The van der Waals surface area contributed by atoms with E-state index in [0.717, 1.165) is 30.4 Å². The molecule has 0 aliphatic heterocycles. The predicted molar refractivity (Wildman–Crippen MR) is 90.4 cm³/mol. The Morgan fingerprint density at radius 2 is 2.04 bits per heavy atom. The second-order valence-corrected chi connectivity index (χ2v) is 6.36. The second kappa shape index (κ2) is 7.79. The topological polar surface area (TPSA) is 61.8 Å². The summed E-state index contributed by atoms with van der Waals surface area (Å²) in [6.07, 6.45) is 2.44. The van der Waals surface area contributed by atoms with Gasteiger partial charge < -0.3 is 20.1 Å². The molecule has 5 nitrogen and oxygen atoms in total. The van der Waals surface area contributed by atoms with Gasteiger partial charge in [0.2, 0.25) is 0 Å². The second-order valence-electron chi connectivity index (χ2n) is 6.36. The highest BCUT2D eigenvalue weighted by molar-refractivity contribution is 5.74. The van der Waals surface area contributed by atoms with Crippen molar-refractivity contribution in [1.29, 1.82) is 0 Å². The van der Waals surface area contributed by atoms with Crippen LogP contribution >= 0.6 is 0 Å². The molecule has 2 N–H and O–H groups in total. The minimum absolute atomic E-state index is 0.151. The van der Waals surface area contributed by atoms with Crippen molar-refractivity contribution in [2.45, 2.75) is 44.8 Å². The molecule has 0 spiro atoms. The van der Waals surface area contributed by atoms with E-state index in [9.17, 15) is 9.90 Å². The quantitative estimate of drug-likeness (QED) is 0.812. The number of hydrogen-bond donors (Lipinski definition) is 2. The zero-order valence-electron chi connectivity index (χ0n) is 14.3. The Balaban J connectivity index is 1.88. The first-order chi connectivity index (χ1) is 11.0. The molecule has 1 atom stereocenters. The average molecular weight is 320 g/mol. The molecule has 0 radical (unpaired) electrons. The van der Waals surface area contributed by atoms with Gasteiger partial charge in [-0.1, -0.05) is 29.8 Å². The first-order valence-electron chi connectivity index (χ1n) is 8.32. The zero-order valence-corrected chi connectivity index (χ0v) is 14.3. The van der Waals surface area contributed by atoms with Crippen molar-refractivity contribution in [1.82, 2.24) is 10.2 Å². The van der Waals surface area contributed by atoms with E-state index in [1.54, 1.807) is 12.0 Å². The van der Waals surface area contributed by atoms with Crippen molar-refractivity contribution in [3.05, 3.63) is 35.4 Å². The van der Waals surface area contributed by atoms with Gasteiger partial charge in [-0.25, -0.2) is 4.79 Å². The van der Waals surface area contributed by atoms with Gasteiger partial charge in [0.1, 0.15) is 0 Å². The standard InChI is InChI=1S/C18H28N2O3/c1-4-20(12-16(21)15-8-6-14(2)7-9-15)17(22)19-13-18(23-3)10-5-11-18/h6-9,16,21H,4-5,10-13H2,1-3H3,(H,19,22). The van der Waals surface area contributed by atoms with Crippen molar-refractivity contribution in [2.24, 2.45) is 0 Å². The van der Waals surface area contributed by atoms with E-state index in [4.69, 9.17) is 4.74 Å². The van der Waals surface area contributed by atoms with Crippen LogP contribution in [0.4, 0.5) is 4.79 Å². The average Bonchev–Trinajstić information content (AvgIpc) is 2.52. The number of carbonyl (C=O) groups excluding carboxylic acids is 1. The third-order valence-electron chi connectivity index (χ3n) is 4.78. The zero-order chi connectivity index (χ0) is 16.9. The molecule has 0 heterocycles. The Kier molecular flexibility index (Phi) is 6.02. The Morgan fingerprint density at radius 1 is 1.39 bits per heavy atom. The minimum atomic E-state index is -0.679. The molecule has 128 valence electrons. The number of ether oxygens (including phenoxy) is 1. The summed E-state index contributed by atoms with van der Waals surface area (Å²) in [5.74, 6) is 0. The summed E-state index contributed by atoms with van der Waals surface area (Å²) in [6.45, 7) is 5.28. The van der Waals surface area contributed by atoms with Gasteiger partial charge in [-0.15, -0.1) is 0 Å². The van der Waals surface area contributed by atoms with E-state index in [-0.39, 0.29) is 18.2 Å². The van der Waals surface area contributed by atoms with Crippen LogP contribution < -0.4 is 5.32 Å². The molecular weight excluding hydrogens is 292 g/mol. The van der Waals surface area contributed by atoms with Crippen LogP contribution in [0.2, 0.25) is 0 Å². The number of urea groups is 1. The van der Waals surface area contributed by atoms with Crippen LogP contribution in [0.1, 0.15) is 43.4 Å².